The maximum Gasteiger partial charge on any atom is 0.367 e. The largest absolute Gasteiger partial charge is 0.461 e. The molecular weight excluding hydrogens is 391 g/mol. The zero-order chi connectivity index (χ0) is 22.4. The second kappa shape index (κ2) is 8.48. The number of allylic oxidation sites excluding steroid dienone is 2. The summed E-state index contributed by atoms with van der Waals surface area (Å²) >= 11 is 0. The number of unbranched alkanes of at least 4 members (excludes halogenated alkanes) is 1. The Kier molecular flexibility index (Phi) is 6.22. The highest BCUT2D eigenvalue weighted by Gasteiger charge is 2.60. The summed E-state index contributed by atoms with van der Waals surface area (Å²) in [4.78, 5) is 24.5. The van der Waals surface area contributed by atoms with E-state index in [0.29, 0.717) is 47.9 Å². The van der Waals surface area contributed by atoms with Crippen LogP contribution in [0, 0.1) is 34.5 Å². The van der Waals surface area contributed by atoms with Crippen LogP contribution in [-0.4, -0.2) is 18.4 Å². The molecule has 4 aliphatic carbocycles. The van der Waals surface area contributed by atoms with Gasteiger partial charge in [0.15, 0.2) is 5.78 Å². The molecule has 0 spiro atoms. The van der Waals surface area contributed by atoms with Crippen molar-refractivity contribution in [3.63, 3.8) is 0 Å². The zero-order valence-corrected chi connectivity index (χ0v) is 19.8. The third kappa shape index (κ3) is 3.62. The van der Waals surface area contributed by atoms with Crippen molar-refractivity contribution in [3.05, 3.63) is 23.0 Å². The summed E-state index contributed by atoms with van der Waals surface area (Å²) in [6.45, 7) is 8.77. The minimum atomic E-state index is -0.783. The number of rotatable bonds is 5. The Morgan fingerprint density at radius 1 is 1.13 bits per heavy atom. The van der Waals surface area contributed by atoms with Gasteiger partial charge in [-0.1, -0.05) is 39.2 Å². The third-order valence-corrected chi connectivity index (χ3v) is 9.53. The second-order valence-corrected chi connectivity index (χ2v) is 10.9. The van der Waals surface area contributed by atoms with Gasteiger partial charge in [0.2, 0.25) is 5.83 Å². The van der Waals surface area contributed by atoms with Gasteiger partial charge in [-0.25, -0.2) is 4.79 Å². The molecular formula is C27H39FO3. The molecule has 0 amide bonds. The molecule has 0 heterocycles. The van der Waals surface area contributed by atoms with Gasteiger partial charge in [-0.05, 0) is 98.0 Å². The molecule has 6 atom stereocenters. The van der Waals surface area contributed by atoms with E-state index in [1.54, 1.807) is 6.92 Å². The van der Waals surface area contributed by atoms with Crippen LogP contribution < -0.4 is 0 Å². The maximum absolute atomic E-state index is 15.1. The first kappa shape index (κ1) is 22.7. The molecule has 31 heavy (non-hydrogen) atoms. The van der Waals surface area contributed by atoms with Crippen molar-refractivity contribution >= 4 is 11.8 Å². The van der Waals surface area contributed by atoms with Crippen LogP contribution in [0.5, 0.6) is 0 Å². The van der Waals surface area contributed by atoms with Crippen molar-refractivity contribution in [1.29, 1.82) is 0 Å². The van der Waals surface area contributed by atoms with E-state index in [2.05, 4.69) is 20.8 Å². The van der Waals surface area contributed by atoms with Crippen LogP contribution in [0.1, 0.15) is 91.9 Å². The Labute approximate surface area is 186 Å². The van der Waals surface area contributed by atoms with E-state index in [0.717, 1.165) is 38.5 Å². The Balaban J connectivity index is 1.69. The summed E-state index contributed by atoms with van der Waals surface area (Å²) in [5.41, 5.74) is 2.00. The zero-order valence-electron chi connectivity index (χ0n) is 19.8. The highest BCUT2D eigenvalue weighted by atomic mass is 19.1. The maximum atomic E-state index is 15.1. The predicted molar refractivity (Wildman–Crippen MR) is 120 cm³/mol. The predicted octanol–water partition coefficient (Wildman–Crippen LogP) is 6.72. The van der Waals surface area contributed by atoms with Gasteiger partial charge in [0, 0.05) is 6.42 Å². The molecule has 0 saturated heterocycles. The van der Waals surface area contributed by atoms with Gasteiger partial charge in [0.05, 0.1) is 6.61 Å². The Morgan fingerprint density at radius 2 is 1.87 bits per heavy atom. The molecule has 0 bridgehead atoms. The number of hydrogen-bond acceptors (Lipinski definition) is 3. The van der Waals surface area contributed by atoms with Gasteiger partial charge < -0.3 is 4.74 Å². The number of fused-ring (bicyclic) bond motifs is 5. The summed E-state index contributed by atoms with van der Waals surface area (Å²) < 4.78 is 20.1. The quantitative estimate of drug-likeness (QED) is 0.359. The summed E-state index contributed by atoms with van der Waals surface area (Å²) in [6.07, 6.45) is 11.9. The topological polar surface area (TPSA) is 43.4 Å². The molecule has 4 aliphatic rings. The van der Waals surface area contributed by atoms with Crippen LogP contribution >= 0.6 is 0 Å². The molecule has 0 aromatic carbocycles. The fourth-order valence-corrected chi connectivity index (χ4v) is 8.00. The van der Waals surface area contributed by atoms with Crippen LogP contribution in [0.15, 0.2) is 23.0 Å². The Hall–Kier alpha value is -1.45. The lowest BCUT2D eigenvalue weighted by Gasteiger charge is -2.59. The smallest absolute Gasteiger partial charge is 0.367 e. The Bertz CT molecular complexity index is 811. The first-order valence-corrected chi connectivity index (χ1v) is 12.6. The van der Waals surface area contributed by atoms with Gasteiger partial charge in [0.1, 0.15) is 0 Å². The van der Waals surface area contributed by atoms with Crippen LogP contribution in [0.3, 0.4) is 0 Å². The van der Waals surface area contributed by atoms with Crippen LogP contribution in [0.2, 0.25) is 0 Å². The number of hydrogen-bond donors (Lipinski definition) is 0. The second-order valence-electron chi connectivity index (χ2n) is 10.9. The molecule has 3 nitrogen and oxygen atoms in total. The number of esters is 1. The van der Waals surface area contributed by atoms with Crippen molar-refractivity contribution in [3.8, 4) is 0 Å². The molecule has 4 rings (SSSR count). The average Bonchev–Trinajstić information content (AvgIpc) is 3.09. The molecule has 0 radical (unpaired) electrons. The number of halogens is 1. The summed E-state index contributed by atoms with van der Waals surface area (Å²) in [5, 5.41) is 0. The van der Waals surface area contributed by atoms with E-state index >= 15 is 4.39 Å². The van der Waals surface area contributed by atoms with E-state index in [9.17, 15) is 9.59 Å². The van der Waals surface area contributed by atoms with Crippen molar-refractivity contribution in [2.24, 2.45) is 34.5 Å². The molecule has 172 valence electrons. The SMILES string of the molecule is CCCCC1C[C@@H]2[C@H](CC[C@]3(C)C(=C(F)C(=O)OCC)CC[C@@H]23)[C@@]2(C)CCC(=O)C=C12. The minimum absolute atomic E-state index is 0.0999. The van der Waals surface area contributed by atoms with Gasteiger partial charge in [-0.3, -0.25) is 4.79 Å². The molecule has 4 heteroatoms. The molecule has 0 aromatic heterocycles. The number of ether oxygens (including phenoxy) is 1. The van der Waals surface area contributed by atoms with Crippen molar-refractivity contribution in [1.82, 2.24) is 0 Å². The first-order valence-electron chi connectivity index (χ1n) is 12.6. The van der Waals surface area contributed by atoms with E-state index in [4.69, 9.17) is 4.74 Å². The standard InChI is InChI=1S/C27H39FO3/c1-5-7-8-17-15-19-20-9-10-22(24(28)25(30)31-6-2)26(20,3)14-12-21(19)27(4)13-11-18(29)16-23(17)27/h16-17,19-21H,5-15H2,1-4H3/t17?,19-,20-,21-,26-,27+/m0/s1. The van der Waals surface area contributed by atoms with Crippen molar-refractivity contribution in [2.45, 2.75) is 91.9 Å². The minimum Gasteiger partial charge on any atom is -0.461 e. The third-order valence-electron chi connectivity index (χ3n) is 9.53. The summed E-state index contributed by atoms with van der Waals surface area (Å²) in [6, 6.07) is 0. The van der Waals surface area contributed by atoms with Crippen LogP contribution in [-0.2, 0) is 14.3 Å². The lowest BCUT2D eigenvalue weighted by atomic mass is 9.45. The number of carbonyl (C=O) groups is 2. The van der Waals surface area contributed by atoms with Crippen LogP contribution in [0.25, 0.3) is 0 Å². The van der Waals surface area contributed by atoms with Gasteiger partial charge in [0.25, 0.3) is 0 Å². The number of carbonyl (C=O) groups excluding carboxylic acids is 2. The molecule has 3 fully saturated rings. The monoisotopic (exact) mass is 430 g/mol. The summed E-state index contributed by atoms with van der Waals surface area (Å²) in [5.74, 6) is 0.891. The fourth-order valence-electron chi connectivity index (χ4n) is 8.00. The molecule has 1 unspecified atom stereocenters. The highest BCUT2D eigenvalue weighted by molar-refractivity contribution is 5.91. The van der Waals surface area contributed by atoms with Crippen molar-refractivity contribution in [2.75, 3.05) is 6.61 Å². The van der Waals surface area contributed by atoms with Gasteiger partial charge in [-0.15, -0.1) is 0 Å². The van der Waals surface area contributed by atoms with E-state index in [1.807, 2.05) is 6.08 Å². The number of ketones is 1. The van der Waals surface area contributed by atoms with E-state index in [1.165, 1.54) is 18.4 Å². The normalized spacial score (nSPS) is 41.1. The summed E-state index contributed by atoms with van der Waals surface area (Å²) in [7, 11) is 0. The van der Waals surface area contributed by atoms with Gasteiger partial charge >= 0.3 is 5.97 Å². The molecule has 0 aliphatic heterocycles. The fraction of sp³-hybridized carbons (Fsp3) is 0.778. The Morgan fingerprint density at radius 3 is 2.58 bits per heavy atom. The highest BCUT2D eigenvalue weighted by Crippen LogP contribution is 2.68. The molecule has 0 aromatic rings. The lowest BCUT2D eigenvalue weighted by Crippen LogP contribution is -2.52. The molecule has 3 saturated carbocycles. The van der Waals surface area contributed by atoms with Crippen LogP contribution in [0.4, 0.5) is 4.39 Å². The van der Waals surface area contributed by atoms with Gasteiger partial charge in [-0.2, -0.15) is 4.39 Å². The average molecular weight is 431 g/mol. The van der Waals surface area contributed by atoms with E-state index < -0.39 is 11.8 Å². The van der Waals surface area contributed by atoms with Crippen molar-refractivity contribution < 1.29 is 18.7 Å². The lowest BCUT2D eigenvalue weighted by molar-refractivity contribution is -0.140. The first-order chi connectivity index (χ1) is 14.8. The molecule has 0 N–H and O–H groups in total. The van der Waals surface area contributed by atoms with E-state index in [-0.39, 0.29) is 17.4 Å².